The summed E-state index contributed by atoms with van der Waals surface area (Å²) in [7, 11) is 0. The van der Waals surface area contributed by atoms with Gasteiger partial charge in [0.05, 0.1) is 28.2 Å². The lowest BCUT2D eigenvalue weighted by molar-refractivity contribution is 0.102. The van der Waals surface area contributed by atoms with Crippen LogP contribution in [0.2, 0.25) is 5.02 Å². The van der Waals surface area contributed by atoms with Crippen molar-refractivity contribution in [3.8, 4) is 11.4 Å². The van der Waals surface area contributed by atoms with E-state index < -0.39 is 11.7 Å². The van der Waals surface area contributed by atoms with Gasteiger partial charge in [-0.05, 0) is 50.2 Å². The van der Waals surface area contributed by atoms with Crippen LogP contribution in [0.25, 0.3) is 11.4 Å². The zero-order valence-electron chi connectivity index (χ0n) is 15.7. The van der Waals surface area contributed by atoms with Gasteiger partial charge in [-0.3, -0.25) is 4.79 Å². The molecule has 0 radical (unpaired) electrons. The molecule has 0 fully saturated rings. The molecule has 1 amide bonds. The number of nitrogens with one attached hydrogen (secondary N) is 1. The molecule has 2 aromatic heterocycles. The Hall–Kier alpha value is -3.45. The third kappa shape index (κ3) is 3.77. The molecule has 146 valence electrons. The van der Waals surface area contributed by atoms with Crippen molar-refractivity contribution in [2.24, 2.45) is 0 Å². The van der Waals surface area contributed by atoms with Gasteiger partial charge >= 0.3 is 0 Å². The molecule has 8 heteroatoms. The fourth-order valence-electron chi connectivity index (χ4n) is 3.04. The average Bonchev–Trinajstić information content (AvgIpc) is 3.29. The predicted molar refractivity (Wildman–Crippen MR) is 110 cm³/mol. The van der Waals surface area contributed by atoms with E-state index >= 15 is 0 Å². The monoisotopic (exact) mass is 409 g/mol. The molecule has 2 aromatic carbocycles. The van der Waals surface area contributed by atoms with Gasteiger partial charge < -0.3 is 5.32 Å². The Balaban J connectivity index is 1.54. The van der Waals surface area contributed by atoms with E-state index in [0.717, 1.165) is 11.4 Å². The lowest BCUT2D eigenvalue weighted by atomic mass is 10.2. The first-order valence-electron chi connectivity index (χ1n) is 8.86. The molecule has 1 N–H and O–H groups in total. The molecular weight excluding hydrogens is 393 g/mol. The second-order valence-corrected chi connectivity index (χ2v) is 6.99. The standard InChI is InChI=1S/C21H17ClFN5O/c1-13-9-14(2)28(26-13)20-8-7-16(10-18(20)23)25-21(29)15-11-24-27(12-15)19-6-4-3-5-17(19)22/h3-12H,1-2H3,(H,25,29). The number of halogens is 2. The van der Waals surface area contributed by atoms with Crippen molar-refractivity contribution in [2.45, 2.75) is 13.8 Å². The lowest BCUT2D eigenvalue weighted by Gasteiger charge is -2.09. The van der Waals surface area contributed by atoms with Gasteiger partial charge in [-0.15, -0.1) is 0 Å². The molecule has 2 heterocycles. The summed E-state index contributed by atoms with van der Waals surface area (Å²) in [6.07, 6.45) is 3.00. The van der Waals surface area contributed by atoms with E-state index in [2.05, 4.69) is 15.5 Å². The van der Waals surface area contributed by atoms with Gasteiger partial charge in [-0.2, -0.15) is 10.2 Å². The van der Waals surface area contributed by atoms with Crippen molar-refractivity contribution < 1.29 is 9.18 Å². The van der Waals surface area contributed by atoms with Crippen LogP contribution in [-0.4, -0.2) is 25.5 Å². The maximum absolute atomic E-state index is 14.6. The number of aryl methyl sites for hydroxylation is 2. The highest BCUT2D eigenvalue weighted by molar-refractivity contribution is 6.32. The fraction of sp³-hybridized carbons (Fsp3) is 0.0952. The summed E-state index contributed by atoms with van der Waals surface area (Å²) >= 11 is 6.16. The summed E-state index contributed by atoms with van der Waals surface area (Å²) in [6, 6.07) is 13.5. The summed E-state index contributed by atoms with van der Waals surface area (Å²) in [5, 5.41) is 11.7. The van der Waals surface area contributed by atoms with Crippen LogP contribution in [0.4, 0.5) is 10.1 Å². The third-order valence-corrected chi connectivity index (χ3v) is 4.71. The zero-order chi connectivity index (χ0) is 20.5. The Morgan fingerprint density at radius 1 is 1.10 bits per heavy atom. The molecule has 0 unspecified atom stereocenters. The normalized spacial score (nSPS) is 10.9. The van der Waals surface area contributed by atoms with Crippen LogP contribution in [0.15, 0.2) is 60.9 Å². The largest absolute Gasteiger partial charge is 0.322 e. The molecule has 4 rings (SSSR count). The first-order valence-corrected chi connectivity index (χ1v) is 9.24. The highest BCUT2D eigenvalue weighted by Crippen LogP contribution is 2.22. The number of benzene rings is 2. The summed E-state index contributed by atoms with van der Waals surface area (Å²) in [5.74, 6) is -0.887. The first-order chi connectivity index (χ1) is 13.9. The van der Waals surface area contributed by atoms with E-state index in [1.54, 1.807) is 30.5 Å². The van der Waals surface area contributed by atoms with Gasteiger partial charge in [0.15, 0.2) is 5.82 Å². The molecule has 0 spiro atoms. The van der Waals surface area contributed by atoms with Crippen molar-refractivity contribution in [2.75, 3.05) is 5.32 Å². The van der Waals surface area contributed by atoms with E-state index in [-0.39, 0.29) is 0 Å². The molecule has 29 heavy (non-hydrogen) atoms. The average molecular weight is 410 g/mol. The van der Waals surface area contributed by atoms with Crippen LogP contribution < -0.4 is 5.32 Å². The smallest absolute Gasteiger partial charge is 0.258 e. The Kier molecular flexibility index (Phi) is 4.90. The van der Waals surface area contributed by atoms with Crippen molar-refractivity contribution in [3.63, 3.8) is 0 Å². The Morgan fingerprint density at radius 3 is 2.59 bits per heavy atom. The minimum Gasteiger partial charge on any atom is -0.322 e. The van der Waals surface area contributed by atoms with Crippen molar-refractivity contribution in [1.82, 2.24) is 19.6 Å². The second kappa shape index (κ2) is 7.52. The number of nitrogens with zero attached hydrogens (tertiary/aromatic N) is 4. The van der Waals surface area contributed by atoms with Crippen LogP contribution >= 0.6 is 11.6 Å². The molecule has 0 saturated heterocycles. The molecule has 0 bridgehead atoms. The van der Waals surface area contributed by atoms with Crippen LogP contribution in [0, 0.1) is 19.7 Å². The molecule has 0 saturated carbocycles. The number of rotatable bonds is 4. The van der Waals surface area contributed by atoms with Gasteiger partial charge in [0.25, 0.3) is 5.91 Å². The van der Waals surface area contributed by atoms with E-state index in [4.69, 9.17) is 11.6 Å². The van der Waals surface area contributed by atoms with Gasteiger partial charge in [-0.1, -0.05) is 23.7 Å². The Morgan fingerprint density at radius 2 is 1.90 bits per heavy atom. The SMILES string of the molecule is Cc1cc(C)n(-c2ccc(NC(=O)c3cnn(-c4ccccc4Cl)c3)cc2F)n1. The summed E-state index contributed by atoms with van der Waals surface area (Å²) in [5.41, 5.74) is 3.27. The molecule has 0 aliphatic carbocycles. The summed E-state index contributed by atoms with van der Waals surface area (Å²) in [6.45, 7) is 3.70. The quantitative estimate of drug-likeness (QED) is 0.530. The number of carbonyl (C=O) groups is 1. The van der Waals surface area contributed by atoms with E-state index in [9.17, 15) is 9.18 Å². The highest BCUT2D eigenvalue weighted by Gasteiger charge is 2.14. The van der Waals surface area contributed by atoms with Crippen molar-refractivity contribution >= 4 is 23.2 Å². The fourth-order valence-corrected chi connectivity index (χ4v) is 3.26. The number of aromatic nitrogens is 4. The predicted octanol–water partition coefficient (Wildman–Crippen LogP) is 4.72. The van der Waals surface area contributed by atoms with Crippen LogP contribution in [0.1, 0.15) is 21.7 Å². The maximum atomic E-state index is 14.6. The summed E-state index contributed by atoms with van der Waals surface area (Å²) < 4.78 is 17.7. The Labute approximate surface area is 171 Å². The van der Waals surface area contributed by atoms with Crippen LogP contribution in [-0.2, 0) is 0 Å². The van der Waals surface area contributed by atoms with Gasteiger partial charge in [0, 0.05) is 17.6 Å². The maximum Gasteiger partial charge on any atom is 0.258 e. The van der Waals surface area contributed by atoms with Gasteiger partial charge in [0.1, 0.15) is 5.69 Å². The minimum absolute atomic E-state index is 0.320. The molecule has 6 nitrogen and oxygen atoms in total. The number of amides is 1. The minimum atomic E-state index is -0.485. The molecule has 0 atom stereocenters. The van der Waals surface area contributed by atoms with Gasteiger partial charge in [-0.25, -0.2) is 13.8 Å². The Bertz CT molecular complexity index is 1210. The van der Waals surface area contributed by atoms with Crippen molar-refractivity contribution in [1.29, 1.82) is 0 Å². The number of hydrogen-bond donors (Lipinski definition) is 1. The molecule has 0 aliphatic rings. The second-order valence-electron chi connectivity index (χ2n) is 6.58. The zero-order valence-corrected chi connectivity index (χ0v) is 16.5. The highest BCUT2D eigenvalue weighted by atomic mass is 35.5. The van der Waals surface area contributed by atoms with Crippen LogP contribution in [0.3, 0.4) is 0 Å². The van der Waals surface area contributed by atoms with E-state index in [1.165, 1.54) is 21.6 Å². The number of hydrogen-bond acceptors (Lipinski definition) is 3. The number of carbonyl (C=O) groups excluding carboxylic acids is 1. The number of para-hydroxylation sites is 1. The molecule has 4 aromatic rings. The van der Waals surface area contributed by atoms with Gasteiger partial charge in [0.2, 0.25) is 0 Å². The number of anilines is 1. The topological polar surface area (TPSA) is 64.7 Å². The molecular formula is C21H17ClFN5O. The van der Waals surface area contributed by atoms with E-state index in [0.29, 0.717) is 27.6 Å². The first kappa shape index (κ1) is 18.9. The summed E-state index contributed by atoms with van der Waals surface area (Å²) in [4.78, 5) is 12.5. The molecule has 0 aliphatic heterocycles. The third-order valence-electron chi connectivity index (χ3n) is 4.39. The lowest BCUT2D eigenvalue weighted by Crippen LogP contribution is -2.12. The van der Waals surface area contributed by atoms with E-state index in [1.807, 2.05) is 32.0 Å². The van der Waals surface area contributed by atoms with Crippen LogP contribution in [0.5, 0.6) is 0 Å². The van der Waals surface area contributed by atoms with Crippen molar-refractivity contribution in [3.05, 3.63) is 88.7 Å².